The van der Waals surface area contributed by atoms with E-state index in [1.54, 1.807) is 0 Å². The smallest absolute Gasteiger partial charge is 0.318 e. The fourth-order valence-electron chi connectivity index (χ4n) is 0.771. The van der Waals surface area contributed by atoms with Gasteiger partial charge < -0.3 is 4.74 Å². The molecule has 0 aliphatic rings. The van der Waals surface area contributed by atoms with Gasteiger partial charge in [0.1, 0.15) is 0 Å². The number of ether oxygens (including phenoxy) is 1. The van der Waals surface area contributed by atoms with Crippen LogP contribution in [-0.4, -0.2) is 30.7 Å². The topological polar surface area (TPSA) is 9.23 Å². The molecule has 0 aliphatic carbocycles. The Morgan fingerprint density at radius 3 is 1.25 bits per heavy atom. The fraction of sp³-hybridized carbons (Fsp3) is 1.00. The van der Waals surface area contributed by atoms with Crippen LogP contribution in [0.25, 0.3) is 0 Å². The molecule has 0 heterocycles. The molecule has 0 rings (SSSR count). The average Bonchev–Trinajstić information content (AvgIpc) is 1.98. The van der Waals surface area contributed by atoms with Crippen LogP contribution in [0.15, 0.2) is 0 Å². The Balaban J connectivity index is 5.61. The van der Waals surface area contributed by atoms with E-state index in [4.69, 9.17) is 0 Å². The molecule has 10 heteroatoms. The maximum atomic E-state index is 12.6. The van der Waals surface area contributed by atoms with Gasteiger partial charge in [0.2, 0.25) is 0 Å². The highest BCUT2D eigenvalue weighted by Gasteiger charge is 2.85. The first kappa shape index (κ1) is 15.3. The molecule has 98 valence electrons. The molecule has 0 bridgehead atoms. The predicted molar refractivity (Wildman–Crippen MR) is 32.5 cm³/mol. The lowest BCUT2D eigenvalue weighted by molar-refractivity contribution is -0.448. The zero-order chi connectivity index (χ0) is 13.4. The van der Waals surface area contributed by atoms with Crippen LogP contribution in [0.4, 0.5) is 39.5 Å². The third kappa shape index (κ3) is 2.20. The summed E-state index contributed by atoms with van der Waals surface area (Å²) in [5, 5.41) is 0. The van der Waals surface area contributed by atoms with Crippen LogP contribution in [0.5, 0.6) is 0 Å². The summed E-state index contributed by atoms with van der Waals surface area (Å²) in [6.07, 6.45) is -19.7. The van der Waals surface area contributed by atoms with Crippen LogP contribution in [0.2, 0.25) is 0 Å². The lowest BCUT2D eigenvalue weighted by Gasteiger charge is -2.35. The van der Waals surface area contributed by atoms with E-state index >= 15 is 0 Å². The third-order valence-electron chi connectivity index (χ3n) is 1.51. The molecule has 0 aromatic carbocycles. The molecule has 0 atom stereocenters. The van der Waals surface area contributed by atoms with Crippen molar-refractivity contribution in [1.29, 1.82) is 0 Å². The van der Waals surface area contributed by atoms with Gasteiger partial charge in [-0.05, 0) is 6.92 Å². The van der Waals surface area contributed by atoms with Gasteiger partial charge >= 0.3 is 24.1 Å². The molecule has 0 aromatic heterocycles. The van der Waals surface area contributed by atoms with E-state index in [-0.39, 0.29) is 0 Å². The number of halogens is 9. The summed E-state index contributed by atoms with van der Waals surface area (Å²) < 4.78 is 111. The Morgan fingerprint density at radius 2 is 1.06 bits per heavy atom. The molecular weight excluding hydrogens is 259 g/mol. The number of hydrogen-bond donors (Lipinski definition) is 0. The largest absolute Gasteiger partial charge is 0.440 e. The van der Waals surface area contributed by atoms with Crippen LogP contribution in [0, 0.1) is 0 Å². The standard InChI is InChI=1S/C6H5F9O/c1-2-16-6(14,15)3(7,4(8,9)10)5(11,12)13/h2H2,1H3. The second kappa shape index (κ2) is 3.97. The van der Waals surface area contributed by atoms with Crippen molar-refractivity contribution < 1.29 is 44.3 Å². The quantitative estimate of drug-likeness (QED) is 0.709. The highest BCUT2D eigenvalue weighted by molar-refractivity contribution is 5.01. The van der Waals surface area contributed by atoms with Crippen LogP contribution < -0.4 is 0 Å². The van der Waals surface area contributed by atoms with Gasteiger partial charge in [-0.25, -0.2) is 4.39 Å². The van der Waals surface area contributed by atoms with Gasteiger partial charge in [0.05, 0.1) is 6.61 Å². The lowest BCUT2D eigenvalue weighted by atomic mass is 10.0. The molecular formula is C6H5F9O. The highest BCUT2D eigenvalue weighted by Crippen LogP contribution is 2.54. The van der Waals surface area contributed by atoms with Crippen molar-refractivity contribution >= 4 is 0 Å². The van der Waals surface area contributed by atoms with Crippen molar-refractivity contribution in [3.8, 4) is 0 Å². The van der Waals surface area contributed by atoms with Gasteiger partial charge in [0.25, 0.3) is 0 Å². The summed E-state index contributed by atoms with van der Waals surface area (Å²) >= 11 is 0. The average molecular weight is 264 g/mol. The molecule has 0 radical (unpaired) electrons. The minimum absolute atomic E-state index is 0.696. The predicted octanol–water partition coefficient (Wildman–Crippen LogP) is 3.45. The summed E-state index contributed by atoms with van der Waals surface area (Å²) in [5.41, 5.74) is -6.73. The molecule has 0 amide bonds. The first-order valence-corrected chi connectivity index (χ1v) is 3.65. The van der Waals surface area contributed by atoms with Gasteiger partial charge in [0.15, 0.2) is 0 Å². The van der Waals surface area contributed by atoms with E-state index < -0.39 is 30.7 Å². The van der Waals surface area contributed by atoms with Crippen molar-refractivity contribution in [1.82, 2.24) is 0 Å². The summed E-state index contributed by atoms with van der Waals surface area (Å²) in [5.74, 6) is 0. The minimum Gasteiger partial charge on any atom is -0.318 e. The molecule has 0 fully saturated rings. The second-order valence-electron chi connectivity index (χ2n) is 2.60. The fourth-order valence-corrected chi connectivity index (χ4v) is 0.771. The van der Waals surface area contributed by atoms with Gasteiger partial charge in [-0.1, -0.05) is 0 Å². The van der Waals surface area contributed by atoms with Crippen molar-refractivity contribution in [3.63, 3.8) is 0 Å². The molecule has 0 spiro atoms. The summed E-state index contributed by atoms with van der Waals surface area (Å²) in [6.45, 7) is -0.522. The Kier molecular flexibility index (Phi) is 3.80. The molecule has 0 saturated carbocycles. The van der Waals surface area contributed by atoms with Crippen molar-refractivity contribution in [3.05, 3.63) is 0 Å². The Labute approximate surface area is 83.2 Å². The normalized spacial score (nSPS) is 15.4. The van der Waals surface area contributed by atoms with Crippen LogP contribution >= 0.6 is 0 Å². The van der Waals surface area contributed by atoms with Gasteiger partial charge in [-0.15, -0.1) is 0 Å². The van der Waals surface area contributed by atoms with Crippen LogP contribution in [0.3, 0.4) is 0 Å². The van der Waals surface area contributed by atoms with E-state index in [0.717, 1.165) is 0 Å². The SMILES string of the molecule is CCOC(F)(F)C(F)(C(F)(F)F)C(F)(F)F. The summed E-state index contributed by atoms with van der Waals surface area (Å²) in [4.78, 5) is 0. The van der Waals surface area contributed by atoms with Gasteiger partial charge in [0, 0.05) is 0 Å². The highest BCUT2D eigenvalue weighted by atomic mass is 19.4. The summed E-state index contributed by atoms with van der Waals surface area (Å²) in [7, 11) is 0. The van der Waals surface area contributed by atoms with Crippen molar-refractivity contribution in [2.24, 2.45) is 0 Å². The lowest BCUT2D eigenvalue weighted by Crippen LogP contribution is -2.65. The van der Waals surface area contributed by atoms with Gasteiger partial charge in [-0.2, -0.15) is 35.1 Å². The summed E-state index contributed by atoms with van der Waals surface area (Å²) in [6, 6.07) is 0. The molecule has 0 N–H and O–H groups in total. The van der Waals surface area contributed by atoms with Crippen LogP contribution in [-0.2, 0) is 4.74 Å². The van der Waals surface area contributed by atoms with E-state index in [1.165, 1.54) is 0 Å². The Bertz CT molecular complexity index is 225. The molecule has 0 aromatic rings. The number of hydrogen-bond acceptors (Lipinski definition) is 1. The third-order valence-corrected chi connectivity index (χ3v) is 1.51. The zero-order valence-electron chi connectivity index (χ0n) is 7.52. The number of rotatable bonds is 3. The monoisotopic (exact) mass is 264 g/mol. The van der Waals surface area contributed by atoms with Crippen molar-refractivity contribution in [2.45, 2.75) is 31.1 Å². The molecule has 1 nitrogen and oxygen atoms in total. The van der Waals surface area contributed by atoms with Crippen LogP contribution in [0.1, 0.15) is 6.92 Å². The second-order valence-corrected chi connectivity index (χ2v) is 2.60. The van der Waals surface area contributed by atoms with E-state index in [2.05, 4.69) is 4.74 Å². The molecule has 16 heavy (non-hydrogen) atoms. The first-order chi connectivity index (χ1) is 6.81. The maximum Gasteiger partial charge on any atom is 0.440 e. The maximum absolute atomic E-state index is 12.6. The first-order valence-electron chi connectivity index (χ1n) is 3.65. The Hall–Kier alpha value is -0.670. The molecule has 0 unspecified atom stereocenters. The van der Waals surface area contributed by atoms with E-state index in [1.807, 2.05) is 0 Å². The number of alkyl halides is 9. The van der Waals surface area contributed by atoms with E-state index in [0.29, 0.717) is 6.92 Å². The van der Waals surface area contributed by atoms with Crippen molar-refractivity contribution in [2.75, 3.05) is 6.61 Å². The Morgan fingerprint density at radius 1 is 0.750 bits per heavy atom. The van der Waals surface area contributed by atoms with E-state index in [9.17, 15) is 39.5 Å². The minimum atomic E-state index is -6.84. The zero-order valence-corrected chi connectivity index (χ0v) is 7.52. The molecule has 0 aliphatic heterocycles. The molecule has 0 saturated heterocycles. The van der Waals surface area contributed by atoms with Gasteiger partial charge in [-0.3, -0.25) is 0 Å².